The fourth-order valence-electron chi connectivity index (χ4n) is 3.46. The van der Waals surface area contributed by atoms with Crippen LogP contribution in [0, 0.1) is 0 Å². The molecular formula is C22H37N5O2. The molecule has 0 radical (unpaired) electrons. The molecule has 0 saturated carbocycles. The Hall–Kier alpha value is -2.28. The maximum absolute atomic E-state index is 11.8. The van der Waals surface area contributed by atoms with Crippen LogP contribution in [0.1, 0.15) is 44.7 Å². The fourth-order valence-corrected chi connectivity index (χ4v) is 3.46. The predicted molar refractivity (Wildman–Crippen MR) is 118 cm³/mol. The molecule has 7 heteroatoms. The first kappa shape index (κ1) is 23.0. The first-order chi connectivity index (χ1) is 14.1. The minimum Gasteiger partial charge on any atom is -0.450 e. The Morgan fingerprint density at radius 2 is 1.76 bits per heavy atom. The fraction of sp³-hybridized carbons (Fsp3) is 0.636. The average molecular weight is 404 g/mol. The number of rotatable bonds is 8. The molecule has 0 bridgehead atoms. The van der Waals surface area contributed by atoms with Gasteiger partial charge in [0.05, 0.1) is 6.61 Å². The standard InChI is InChI=1S/C22H37N5O2/c1-5-26(6-2)17-19-10-8-18(9-11-19)16-24-21(23-4)25-20-12-14-27(15-13-20)22(28)29-7-3/h8-11,20H,5-7,12-17H2,1-4H3,(H2,23,24,25). The summed E-state index contributed by atoms with van der Waals surface area (Å²) in [5.41, 5.74) is 2.57. The van der Waals surface area contributed by atoms with E-state index >= 15 is 0 Å². The van der Waals surface area contributed by atoms with E-state index in [1.54, 1.807) is 11.9 Å². The van der Waals surface area contributed by atoms with E-state index in [1.807, 2.05) is 6.92 Å². The molecule has 29 heavy (non-hydrogen) atoms. The van der Waals surface area contributed by atoms with E-state index in [2.05, 4.69) is 58.6 Å². The number of carbonyl (C=O) groups excluding carboxylic acids is 1. The Kier molecular flexibility index (Phi) is 9.77. The lowest BCUT2D eigenvalue weighted by atomic mass is 10.1. The normalized spacial score (nSPS) is 15.5. The monoisotopic (exact) mass is 403 g/mol. The smallest absolute Gasteiger partial charge is 0.409 e. The summed E-state index contributed by atoms with van der Waals surface area (Å²) in [6.07, 6.45) is 1.57. The van der Waals surface area contributed by atoms with E-state index in [4.69, 9.17) is 4.74 Å². The second kappa shape index (κ2) is 12.3. The molecule has 0 atom stereocenters. The first-order valence-electron chi connectivity index (χ1n) is 10.8. The Balaban J connectivity index is 1.76. The van der Waals surface area contributed by atoms with Crippen LogP contribution in [-0.2, 0) is 17.8 Å². The number of likely N-dealkylation sites (tertiary alicyclic amines) is 1. The van der Waals surface area contributed by atoms with Crippen molar-refractivity contribution in [3.05, 3.63) is 35.4 Å². The molecule has 0 aromatic heterocycles. The van der Waals surface area contributed by atoms with Crippen LogP contribution in [0.15, 0.2) is 29.3 Å². The van der Waals surface area contributed by atoms with Crippen LogP contribution < -0.4 is 10.6 Å². The number of hydrogen-bond donors (Lipinski definition) is 2. The van der Waals surface area contributed by atoms with Crippen LogP contribution in [0.2, 0.25) is 0 Å². The molecule has 1 aromatic rings. The molecule has 0 unspecified atom stereocenters. The maximum Gasteiger partial charge on any atom is 0.409 e. The highest BCUT2D eigenvalue weighted by Crippen LogP contribution is 2.12. The van der Waals surface area contributed by atoms with E-state index in [0.29, 0.717) is 25.7 Å². The molecule has 1 heterocycles. The number of benzene rings is 1. The molecule has 1 aliphatic heterocycles. The van der Waals surface area contributed by atoms with E-state index in [1.165, 1.54) is 11.1 Å². The molecular weight excluding hydrogens is 366 g/mol. The molecule has 2 N–H and O–H groups in total. The van der Waals surface area contributed by atoms with E-state index in [9.17, 15) is 4.79 Å². The maximum atomic E-state index is 11.8. The van der Waals surface area contributed by atoms with Crippen LogP contribution in [0.25, 0.3) is 0 Å². The van der Waals surface area contributed by atoms with Gasteiger partial charge < -0.3 is 20.3 Å². The van der Waals surface area contributed by atoms with Gasteiger partial charge in [-0.25, -0.2) is 4.79 Å². The van der Waals surface area contributed by atoms with Crippen LogP contribution in [0.4, 0.5) is 4.79 Å². The number of guanidine groups is 1. The molecule has 2 rings (SSSR count). The van der Waals surface area contributed by atoms with Crippen molar-refractivity contribution in [2.24, 2.45) is 4.99 Å². The van der Waals surface area contributed by atoms with Crippen LogP contribution in [0.5, 0.6) is 0 Å². The lowest BCUT2D eigenvalue weighted by Gasteiger charge is -2.32. The second-order valence-corrected chi connectivity index (χ2v) is 7.31. The number of amides is 1. The molecule has 1 amide bonds. The topological polar surface area (TPSA) is 69.2 Å². The van der Waals surface area contributed by atoms with Crippen molar-refractivity contribution in [3.8, 4) is 0 Å². The molecule has 162 valence electrons. The van der Waals surface area contributed by atoms with Crippen molar-refractivity contribution in [1.82, 2.24) is 20.4 Å². The average Bonchev–Trinajstić information content (AvgIpc) is 2.76. The molecule has 0 aliphatic carbocycles. The predicted octanol–water partition coefficient (Wildman–Crippen LogP) is 2.81. The van der Waals surface area contributed by atoms with Crippen molar-refractivity contribution in [1.29, 1.82) is 0 Å². The number of hydrogen-bond acceptors (Lipinski definition) is 4. The van der Waals surface area contributed by atoms with Crippen LogP contribution >= 0.6 is 0 Å². The van der Waals surface area contributed by atoms with Gasteiger partial charge in [0.2, 0.25) is 0 Å². The quantitative estimate of drug-likeness (QED) is 0.516. The van der Waals surface area contributed by atoms with Gasteiger partial charge in [-0.15, -0.1) is 0 Å². The Morgan fingerprint density at radius 1 is 1.14 bits per heavy atom. The third kappa shape index (κ3) is 7.57. The third-order valence-corrected chi connectivity index (χ3v) is 5.37. The minimum atomic E-state index is -0.210. The number of ether oxygens (including phenoxy) is 1. The molecule has 0 spiro atoms. The highest BCUT2D eigenvalue weighted by molar-refractivity contribution is 5.80. The number of carbonyl (C=O) groups is 1. The van der Waals surface area contributed by atoms with E-state index < -0.39 is 0 Å². The van der Waals surface area contributed by atoms with Gasteiger partial charge in [0, 0.05) is 39.3 Å². The van der Waals surface area contributed by atoms with Crippen molar-refractivity contribution in [2.75, 3.05) is 39.8 Å². The SMILES string of the molecule is CCOC(=O)N1CCC(NC(=NC)NCc2ccc(CN(CC)CC)cc2)CC1. The highest BCUT2D eigenvalue weighted by Gasteiger charge is 2.23. The Bertz CT molecular complexity index is 635. The van der Waals surface area contributed by atoms with Crippen molar-refractivity contribution >= 4 is 12.1 Å². The van der Waals surface area contributed by atoms with Gasteiger partial charge in [-0.2, -0.15) is 0 Å². The first-order valence-corrected chi connectivity index (χ1v) is 10.8. The number of nitrogens with zero attached hydrogens (tertiary/aromatic N) is 3. The summed E-state index contributed by atoms with van der Waals surface area (Å²) in [6, 6.07) is 9.07. The van der Waals surface area contributed by atoms with Gasteiger partial charge in [0.1, 0.15) is 0 Å². The van der Waals surface area contributed by atoms with Gasteiger partial charge >= 0.3 is 6.09 Å². The van der Waals surface area contributed by atoms with Gasteiger partial charge in [0.25, 0.3) is 0 Å². The summed E-state index contributed by atoms with van der Waals surface area (Å²) in [7, 11) is 1.79. The third-order valence-electron chi connectivity index (χ3n) is 5.37. The lowest BCUT2D eigenvalue weighted by Crippen LogP contribution is -2.49. The number of nitrogens with one attached hydrogen (secondary N) is 2. The summed E-state index contributed by atoms with van der Waals surface area (Å²) in [6.45, 7) is 11.9. The van der Waals surface area contributed by atoms with Crippen molar-refractivity contribution in [2.45, 2.75) is 52.7 Å². The molecule has 1 aromatic carbocycles. The zero-order valence-electron chi connectivity index (χ0n) is 18.4. The molecule has 1 fully saturated rings. The van der Waals surface area contributed by atoms with Crippen LogP contribution in [-0.4, -0.2) is 67.7 Å². The number of piperidine rings is 1. The van der Waals surface area contributed by atoms with Gasteiger partial charge in [-0.05, 0) is 44.0 Å². The summed E-state index contributed by atoms with van der Waals surface area (Å²) in [4.78, 5) is 20.3. The lowest BCUT2D eigenvalue weighted by molar-refractivity contribution is 0.0963. The summed E-state index contributed by atoms with van der Waals surface area (Å²) < 4.78 is 5.08. The van der Waals surface area contributed by atoms with Gasteiger partial charge in [-0.3, -0.25) is 9.89 Å². The van der Waals surface area contributed by atoms with Crippen LogP contribution in [0.3, 0.4) is 0 Å². The summed E-state index contributed by atoms with van der Waals surface area (Å²) in [5.74, 6) is 0.798. The molecule has 7 nitrogen and oxygen atoms in total. The molecule has 1 saturated heterocycles. The second-order valence-electron chi connectivity index (χ2n) is 7.31. The molecule has 1 aliphatic rings. The summed E-state index contributed by atoms with van der Waals surface area (Å²) in [5, 5.41) is 6.87. The largest absolute Gasteiger partial charge is 0.450 e. The Morgan fingerprint density at radius 3 is 2.31 bits per heavy atom. The van der Waals surface area contributed by atoms with Gasteiger partial charge in [-0.1, -0.05) is 38.1 Å². The zero-order chi connectivity index (χ0) is 21.1. The van der Waals surface area contributed by atoms with Crippen molar-refractivity contribution < 1.29 is 9.53 Å². The highest BCUT2D eigenvalue weighted by atomic mass is 16.6. The van der Waals surface area contributed by atoms with E-state index in [0.717, 1.165) is 45.0 Å². The Labute approximate surface area is 175 Å². The number of aliphatic imine (C=N–C) groups is 1. The zero-order valence-corrected chi connectivity index (χ0v) is 18.4. The van der Waals surface area contributed by atoms with E-state index in [-0.39, 0.29) is 6.09 Å². The summed E-state index contributed by atoms with van der Waals surface area (Å²) >= 11 is 0. The van der Waals surface area contributed by atoms with Crippen molar-refractivity contribution in [3.63, 3.8) is 0 Å². The van der Waals surface area contributed by atoms with Gasteiger partial charge in [0.15, 0.2) is 5.96 Å². The minimum absolute atomic E-state index is 0.210.